The average Bonchev–Trinajstić information content (AvgIpc) is 2.99. The first kappa shape index (κ1) is 22.0. The van der Waals surface area contributed by atoms with E-state index in [0.717, 1.165) is 25.9 Å². The molecule has 2 heterocycles. The molecule has 25 heavy (non-hydrogen) atoms. The third-order valence-electron chi connectivity index (χ3n) is 4.71. The number of nitrogens with one attached hydrogen (secondary N) is 1. The van der Waals surface area contributed by atoms with Crippen molar-refractivity contribution in [2.24, 2.45) is 4.99 Å². The lowest BCUT2D eigenvalue weighted by Gasteiger charge is -2.49. The molecule has 0 bridgehead atoms. The van der Waals surface area contributed by atoms with Crippen LogP contribution in [0.15, 0.2) is 4.99 Å². The van der Waals surface area contributed by atoms with Gasteiger partial charge in [0.2, 0.25) is 11.8 Å². The zero-order valence-electron chi connectivity index (χ0n) is 16.0. The number of nitrogens with zero attached hydrogens (tertiary/aromatic N) is 4. The summed E-state index contributed by atoms with van der Waals surface area (Å²) >= 11 is 0. The van der Waals surface area contributed by atoms with Gasteiger partial charge < -0.3 is 20.0 Å². The van der Waals surface area contributed by atoms with Crippen molar-refractivity contribution < 1.29 is 9.59 Å². The van der Waals surface area contributed by atoms with Gasteiger partial charge in [0, 0.05) is 32.7 Å². The number of carbonyl (C=O) groups is 2. The Hall–Kier alpha value is -1.06. The summed E-state index contributed by atoms with van der Waals surface area (Å²) in [6, 6.07) is 0.168. The quantitative estimate of drug-likeness (QED) is 0.386. The monoisotopic (exact) mass is 465 g/mol. The van der Waals surface area contributed by atoms with Crippen LogP contribution in [-0.2, 0) is 9.59 Å². The molecule has 2 fully saturated rings. The van der Waals surface area contributed by atoms with Crippen molar-refractivity contribution in [2.45, 2.75) is 52.1 Å². The van der Waals surface area contributed by atoms with Gasteiger partial charge in [0.25, 0.3) is 0 Å². The lowest BCUT2D eigenvalue weighted by atomic mass is 9.96. The number of amides is 2. The Bertz CT molecular complexity index is 515. The van der Waals surface area contributed by atoms with Gasteiger partial charge in [-0.3, -0.25) is 14.6 Å². The summed E-state index contributed by atoms with van der Waals surface area (Å²) in [6.45, 7) is 11.1. The minimum Gasteiger partial charge on any atom is -0.347 e. The van der Waals surface area contributed by atoms with E-state index in [1.165, 1.54) is 0 Å². The number of hydrogen-bond acceptors (Lipinski definition) is 3. The SMILES string of the molecule is CN=C(NCC(=O)N1CCCC1)N1CC(=O)N(C(C)C)C(C)(C)C1.I. The van der Waals surface area contributed by atoms with Crippen molar-refractivity contribution in [3.63, 3.8) is 0 Å². The minimum atomic E-state index is -0.278. The highest BCUT2D eigenvalue weighted by Crippen LogP contribution is 2.24. The predicted octanol–water partition coefficient (Wildman–Crippen LogP) is 1.13. The lowest BCUT2D eigenvalue weighted by molar-refractivity contribution is -0.145. The van der Waals surface area contributed by atoms with Gasteiger partial charge in [0.1, 0.15) is 0 Å². The fourth-order valence-electron chi connectivity index (χ4n) is 3.88. The van der Waals surface area contributed by atoms with Crippen LogP contribution in [0.25, 0.3) is 0 Å². The molecule has 1 N–H and O–H groups in total. The van der Waals surface area contributed by atoms with Crippen molar-refractivity contribution in [2.75, 3.05) is 39.8 Å². The molecule has 2 saturated heterocycles. The maximum atomic E-state index is 12.6. The first-order valence-corrected chi connectivity index (χ1v) is 8.82. The Morgan fingerprint density at radius 2 is 1.84 bits per heavy atom. The number of guanidine groups is 1. The van der Waals surface area contributed by atoms with Gasteiger partial charge in [0.15, 0.2) is 5.96 Å². The molecule has 0 aromatic heterocycles. The molecule has 0 radical (unpaired) electrons. The van der Waals surface area contributed by atoms with E-state index in [4.69, 9.17) is 0 Å². The molecule has 0 unspecified atom stereocenters. The Labute approximate surface area is 168 Å². The number of halogens is 1. The van der Waals surface area contributed by atoms with E-state index in [-0.39, 0.29) is 53.9 Å². The third-order valence-corrected chi connectivity index (χ3v) is 4.71. The molecule has 0 aromatic carbocycles. The van der Waals surface area contributed by atoms with Gasteiger partial charge in [-0.25, -0.2) is 0 Å². The number of hydrogen-bond donors (Lipinski definition) is 1. The summed E-state index contributed by atoms with van der Waals surface area (Å²) in [4.78, 5) is 34.8. The van der Waals surface area contributed by atoms with Gasteiger partial charge in [-0.15, -0.1) is 24.0 Å². The fourth-order valence-corrected chi connectivity index (χ4v) is 3.88. The minimum absolute atomic E-state index is 0. The summed E-state index contributed by atoms with van der Waals surface area (Å²) in [5.41, 5.74) is -0.278. The van der Waals surface area contributed by atoms with E-state index in [0.29, 0.717) is 19.0 Å². The van der Waals surface area contributed by atoms with Crippen LogP contribution in [-0.4, -0.2) is 83.8 Å². The van der Waals surface area contributed by atoms with Gasteiger partial charge in [-0.1, -0.05) is 0 Å². The second-order valence-electron chi connectivity index (χ2n) is 7.51. The third kappa shape index (κ3) is 5.21. The topological polar surface area (TPSA) is 68.2 Å². The molecule has 7 nitrogen and oxygen atoms in total. The van der Waals surface area contributed by atoms with Crippen LogP contribution in [0.4, 0.5) is 0 Å². The highest BCUT2D eigenvalue weighted by molar-refractivity contribution is 14.0. The first-order valence-electron chi connectivity index (χ1n) is 8.82. The molecule has 144 valence electrons. The van der Waals surface area contributed by atoms with Crippen molar-refractivity contribution in [1.29, 1.82) is 0 Å². The molecule has 2 rings (SSSR count). The van der Waals surface area contributed by atoms with Crippen molar-refractivity contribution >= 4 is 41.8 Å². The van der Waals surface area contributed by atoms with Gasteiger partial charge in [-0.05, 0) is 40.5 Å². The van der Waals surface area contributed by atoms with E-state index >= 15 is 0 Å². The van der Waals surface area contributed by atoms with Crippen LogP contribution in [0.5, 0.6) is 0 Å². The van der Waals surface area contributed by atoms with E-state index < -0.39 is 0 Å². The van der Waals surface area contributed by atoms with Crippen molar-refractivity contribution in [3.05, 3.63) is 0 Å². The Kier molecular flexibility index (Phi) is 7.95. The number of carbonyl (C=O) groups excluding carboxylic acids is 2. The molecule has 2 aliphatic rings. The molecule has 2 aliphatic heterocycles. The molecule has 0 aromatic rings. The summed E-state index contributed by atoms with van der Waals surface area (Å²) in [6.07, 6.45) is 2.17. The second kappa shape index (κ2) is 9.05. The standard InChI is InChI=1S/C17H31N5O2.HI/c1-13(2)22-15(24)11-21(12-17(22,3)4)16(18-5)19-10-14(23)20-8-6-7-9-20;/h13H,6-12H2,1-5H3,(H,18,19);1H. The first-order chi connectivity index (χ1) is 11.3. The predicted molar refractivity (Wildman–Crippen MR) is 110 cm³/mol. The highest BCUT2D eigenvalue weighted by atomic mass is 127. The maximum Gasteiger partial charge on any atom is 0.242 e. The molecule has 0 aliphatic carbocycles. The maximum absolute atomic E-state index is 12.6. The normalized spacial score (nSPS) is 20.8. The summed E-state index contributed by atoms with van der Waals surface area (Å²) < 4.78 is 0. The zero-order valence-corrected chi connectivity index (χ0v) is 18.4. The van der Waals surface area contributed by atoms with E-state index in [1.54, 1.807) is 7.05 Å². The number of rotatable bonds is 3. The summed E-state index contributed by atoms with van der Waals surface area (Å²) in [5.74, 6) is 0.808. The highest BCUT2D eigenvalue weighted by Gasteiger charge is 2.40. The largest absolute Gasteiger partial charge is 0.347 e. The molecule has 0 saturated carbocycles. The van der Waals surface area contributed by atoms with Crippen LogP contribution in [0.3, 0.4) is 0 Å². The van der Waals surface area contributed by atoms with E-state index in [2.05, 4.69) is 24.2 Å². The van der Waals surface area contributed by atoms with Crippen LogP contribution in [0, 0.1) is 0 Å². The van der Waals surface area contributed by atoms with Crippen LogP contribution in [0.1, 0.15) is 40.5 Å². The summed E-state index contributed by atoms with van der Waals surface area (Å²) in [7, 11) is 1.69. The summed E-state index contributed by atoms with van der Waals surface area (Å²) in [5, 5.41) is 3.13. The van der Waals surface area contributed by atoms with Crippen LogP contribution in [0.2, 0.25) is 0 Å². The van der Waals surface area contributed by atoms with Crippen LogP contribution >= 0.6 is 24.0 Å². The van der Waals surface area contributed by atoms with E-state index in [1.807, 2.05) is 28.5 Å². The Balaban J connectivity index is 0.00000312. The molecule has 8 heteroatoms. The van der Waals surface area contributed by atoms with Gasteiger partial charge in [0.05, 0.1) is 18.6 Å². The Morgan fingerprint density at radius 1 is 1.24 bits per heavy atom. The number of likely N-dealkylation sites (tertiary alicyclic amines) is 1. The number of aliphatic imine (C=N–C) groups is 1. The zero-order chi connectivity index (χ0) is 17.9. The van der Waals surface area contributed by atoms with Crippen LogP contribution < -0.4 is 5.32 Å². The Morgan fingerprint density at radius 3 is 2.32 bits per heavy atom. The fraction of sp³-hybridized carbons (Fsp3) is 0.824. The second-order valence-corrected chi connectivity index (χ2v) is 7.51. The smallest absolute Gasteiger partial charge is 0.242 e. The average molecular weight is 465 g/mol. The molecular formula is C17H32IN5O2. The molecule has 0 atom stereocenters. The molecule has 2 amide bonds. The van der Waals surface area contributed by atoms with Crippen molar-refractivity contribution in [3.8, 4) is 0 Å². The van der Waals surface area contributed by atoms with Gasteiger partial charge >= 0.3 is 0 Å². The van der Waals surface area contributed by atoms with Crippen molar-refractivity contribution in [1.82, 2.24) is 20.0 Å². The van der Waals surface area contributed by atoms with Gasteiger partial charge in [-0.2, -0.15) is 0 Å². The van der Waals surface area contributed by atoms with E-state index in [9.17, 15) is 9.59 Å². The number of piperazine rings is 1. The lowest BCUT2D eigenvalue weighted by Crippen LogP contribution is -2.66. The molecular weight excluding hydrogens is 433 g/mol. The molecule has 0 spiro atoms.